The lowest BCUT2D eigenvalue weighted by Gasteiger charge is -2.28. The van der Waals surface area contributed by atoms with Crippen molar-refractivity contribution >= 4 is 5.97 Å². The van der Waals surface area contributed by atoms with Gasteiger partial charge in [0.05, 0.1) is 0 Å². The van der Waals surface area contributed by atoms with Crippen LogP contribution in [-0.4, -0.2) is 41.1 Å². The summed E-state index contributed by atoms with van der Waals surface area (Å²) in [7, 11) is 0. The van der Waals surface area contributed by atoms with Crippen molar-refractivity contribution in [1.29, 1.82) is 0 Å². The van der Waals surface area contributed by atoms with Gasteiger partial charge in [0.15, 0.2) is 0 Å². The number of carboxylic acids is 1. The highest BCUT2D eigenvalue weighted by molar-refractivity contribution is 5.73. The molecule has 1 rings (SSSR count). The molecule has 0 amide bonds. The van der Waals surface area contributed by atoms with E-state index in [1.54, 1.807) is 0 Å². The maximum Gasteiger partial charge on any atom is 0.321 e. The molecule has 0 spiro atoms. The molecule has 82 valence electrons. The Balaban J connectivity index is 2.43. The fourth-order valence-electron chi connectivity index (χ4n) is 1.94. The number of carbonyl (C=O) groups is 1. The van der Waals surface area contributed by atoms with Crippen LogP contribution in [0.3, 0.4) is 0 Å². The molecule has 1 aliphatic heterocycles. The molecule has 0 aromatic carbocycles. The van der Waals surface area contributed by atoms with Crippen LogP contribution in [0.25, 0.3) is 0 Å². The monoisotopic (exact) mass is 200 g/mol. The minimum Gasteiger partial charge on any atom is -0.480 e. The molecule has 0 bridgehead atoms. The zero-order valence-electron chi connectivity index (χ0n) is 8.78. The van der Waals surface area contributed by atoms with E-state index in [4.69, 9.17) is 10.8 Å². The van der Waals surface area contributed by atoms with Crippen LogP contribution in [0.15, 0.2) is 0 Å². The van der Waals surface area contributed by atoms with Gasteiger partial charge < -0.3 is 10.8 Å². The number of likely N-dealkylation sites (tertiary alicyclic amines) is 1. The average Bonchev–Trinajstić information content (AvgIpc) is 2.32. The first kappa shape index (κ1) is 11.5. The number of aliphatic carboxylic acids is 1. The van der Waals surface area contributed by atoms with Gasteiger partial charge in [-0.2, -0.15) is 0 Å². The first-order valence-electron chi connectivity index (χ1n) is 5.33. The molecule has 4 nitrogen and oxygen atoms in total. The highest BCUT2D eigenvalue weighted by Gasteiger charge is 2.21. The molecule has 4 heteroatoms. The van der Waals surface area contributed by atoms with E-state index in [1.165, 1.54) is 12.8 Å². The second kappa shape index (κ2) is 5.32. The van der Waals surface area contributed by atoms with E-state index in [2.05, 4.69) is 11.8 Å². The predicted molar refractivity (Wildman–Crippen MR) is 55.1 cm³/mol. The molecule has 1 saturated heterocycles. The molecular weight excluding hydrogens is 180 g/mol. The van der Waals surface area contributed by atoms with Crippen LogP contribution >= 0.6 is 0 Å². The van der Waals surface area contributed by atoms with Crippen LogP contribution in [0.5, 0.6) is 0 Å². The van der Waals surface area contributed by atoms with E-state index in [-0.39, 0.29) is 0 Å². The first-order chi connectivity index (χ1) is 6.61. The molecule has 14 heavy (non-hydrogen) atoms. The lowest BCUT2D eigenvalue weighted by atomic mass is 10.1. The standard InChI is InChI=1S/C10H20N2O2/c1-8-5-3-2-4-6-12(8)7-9(11)10(13)14/h8-9H,2-7,11H2,1H3,(H,13,14). The third kappa shape index (κ3) is 3.27. The molecule has 0 radical (unpaired) electrons. The summed E-state index contributed by atoms with van der Waals surface area (Å²) in [4.78, 5) is 12.8. The van der Waals surface area contributed by atoms with Gasteiger partial charge in [-0.15, -0.1) is 0 Å². The van der Waals surface area contributed by atoms with Crippen molar-refractivity contribution in [3.8, 4) is 0 Å². The van der Waals surface area contributed by atoms with Crippen LogP contribution in [0, 0.1) is 0 Å². The number of hydrogen-bond donors (Lipinski definition) is 2. The molecule has 0 saturated carbocycles. The van der Waals surface area contributed by atoms with Crippen LogP contribution in [-0.2, 0) is 4.79 Å². The minimum absolute atomic E-state index is 0.475. The lowest BCUT2D eigenvalue weighted by molar-refractivity contribution is -0.139. The molecule has 0 aromatic rings. The SMILES string of the molecule is CC1CCCCCN1CC(N)C(=O)O. The Kier molecular flexibility index (Phi) is 4.35. The molecule has 2 unspecified atom stereocenters. The number of rotatable bonds is 3. The maximum absolute atomic E-state index is 10.6. The molecule has 2 atom stereocenters. The third-order valence-corrected chi connectivity index (χ3v) is 2.94. The van der Waals surface area contributed by atoms with E-state index < -0.39 is 12.0 Å². The summed E-state index contributed by atoms with van der Waals surface area (Å²) in [6.07, 6.45) is 4.83. The summed E-state index contributed by atoms with van der Waals surface area (Å²) in [6.45, 7) is 3.62. The number of carboxylic acid groups (broad SMARTS) is 1. The number of nitrogens with two attached hydrogens (primary N) is 1. The van der Waals surface area contributed by atoms with Gasteiger partial charge in [-0.1, -0.05) is 12.8 Å². The molecule has 1 aliphatic rings. The largest absolute Gasteiger partial charge is 0.480 e. The smallest absolute Gasteiger partial charge is 0.321 e. The second-order valence-electron chi connectivity index (χ2n) is 4.14. The average molecular weight is 200 g/mol. The normalized spacial score (nSPS) is 26.9. The van der Waals surface area contributed by atoms with E-state index in [9.17, 15) is 4.79 Å². The Morgan fingerprint density at radius 3 is 2.93 bits per heavy atom. The highest BCUT2D eigenvalue weighted by atomic mass is 16.4. The number of nitrogens with zero attached hydrogens (tertiary/aromatic N) is 1. The van der Waals surface area contributed by atoms with Gasteiger partial charge in [-0.3, -0.25) is 9.69 Å². The number of hydrogen-bond acceptors (Lipinski definition) is 3. The van der Waals surface area contributed by atoms with E-state index in [0.29, 0.717) is 12.6 Å². The molecular formula is C10H20N2O2. The zero-order valence-corrected chi connectivity index (χ0v) is 8.78. The van der Waals surface area contributed by atoms with Crippen molar-refractivity contribution in [3.05, 3.63) is 0 Å². The molecule has 0 aromatic heterocycles. The third-order valence-electron chi connectivity index (χ3n) is 2.94. The molecule has 0 aliphatic carbocycles. The van der Waals surface area contributed by atoms with Gasteiger partial charge in [-0.25, -0.2) is 0 Å². The van der Waals surface area contributed by atoms with Gasteiger partial charge in [0.2, 0.25) is 0 Å². The summed E-state index contributed by atoms with van der Waals surface area (Å²) < 4.78 is 0. The molecule has 1 fully saturated rings. The Morgan fingerprint density at radius 1 is 1.57 bits per heavy atom. The maximum atomic E-state index is 10.6. The van der Waals surface area contributed by atoms with Crippen molar-refractivity contribution in [2.45, 2.75) is 44.7 Å². The van der Waals surface area contributed by atoms with E-state index >= 15 is 0 Å². The van der Waals surface area contributed by atoms with Crippen molar-refractivity contribution in [3.63, 3.8) is 0 Å². The first-order valence-corrected chi connectivity index (χ1v) is 5.33. The molecule has 1 heterocycles. The van der Waals surface area contributed by atoms with Crippen molar-refractivity contribution in [2.75, 3.05) is 13.1 Å². The van der Waals surface area contributed by atoms with Crippen LogP contribution in [0.2, 0.25) is 0 Å². The molecule has 3 N–H and O–H groups in total. The summed E-state index contributed by atoms with van der Waals surface area (Å²) in [6, 6.07) is -0.265. The van der Waals surface area contributed by atoms with Crippen LogP contribution in [0.1, 0.15) is 32.6 Å². The van der Waals surface area contributed by atoms with Gasteiger partial charge in [0.1, 0.15) is 6.04 Å². The Bertz CT molecular complexity index is 197. The van der Waals surface area contributed by atoms with Crippen LogP contribution < -0.4 is 5.73 Å². The van der Waals surface area contributed by atoms with E-state index in [0.717, 1.165) is 19.4 Å². The summed E-state index contributed by atoms with van der Waals surface area (Å²) in [5.74, 6) is -0.901. The topological polar surface area (TPSA) is 66.6 Å². The fourth-order valence-corrected chi connectivity index (χ4v) is 1.94. The summed E-state index contributed by atoms with van der Waals surface area (Å²) >= 11 is 0. The van der Waals surface area contributed by atoms with Crippen molar-refractivity contribution in [1.82, 2.24) is 4.90 Å². The minimum atomic E-state index is -0.901. The van der Waals surface area contributed by atoms with Gasteiger partial charge in [0, 0.05) is 12.6 Å². The van der Waals surface area contributed by atoms with Crippen LogP contribution in [0.4, 0.5) is 0 Å². The fraction of sp³-hybridized carbons (Fsp3) is 0.900. The summed E-state index contributed by atoms with van der Waals surface area (Å²) in [5.41, 5.74) is 5.52. The van der Waals surface area contributed by atoms with Gasteiger partial charge in [0.25, 0.3) is 0 Å². The Labute approximate surface area is 85.1 Å². The quantitative estimate of drug-likeness (QED) is 0.702. The van der Waals surface area contributed by atoms with Gasteiger partial charge >= 0.3 is 5.97 Å². The predicted octanol–water partition coefficient (Wildman–Crippen LogP) is 0.663. The zero-order chi connectivity index (χ0) is 10.6. The Hall–Kier alpha value is -0.610. The van der Waals surface area contributed by atoms with Crippen molar-refractivity contribution in [2.24, 2.45) is 5.73 Å². The Morgan fingerprint density at radius 2 is 2.29 bits per heavy atom. The van der Waals surface area contributed by atoms with E-state index in [1.807, 2.05) is 0 Å². The van der Waals surface area contributed by atoms with Gasteiger partial charge in [-0.05, 0) is 26.3 Å². The van der Waals surface area contributed by atoms with Crippen molar-refractivity contribution < 1.29 is 9.90 Å². The second-order valence-corrected chi connectivity index (χ2v) is 4.14. The summed E-state index contributed by atoms with van der Waals surface area (Å²) in [5, 5.41) is 8.72. The lowest BCUT2D eigenvalue weighted by Crippen LogP contribution is -2.45. The highest BCUT2D eigenvalue weighted by Crippen LogP contribution is 2.16.